The van der Waals surface area contributed by atoms with Crippen LogP contribution in [0.25, 0.3) is 0 Å². The molecule has 1 heterocycles. The summed E-state index contributed by atoms with van der Waals surface area (Å²) in [6.45, 7) is 2.70. The lowest BCUT2D eigenvalue weighted by atomic mass is 10.1. The Labute approximate surface area is 223 Å². The predicted octanol–water partition coefficient (Wildman–Crippen LogP) is 6.93. The molecule has 4 aromatic rings. The Morgan fingerprint density at radius 1 is 0.974 bits per heavy atom. The second kappa shape index (κ2) is 12.1. The molecule has 4 rings (SSSR count). The predicted molar refractivity (Wildman–Crippen MR) is 140 cm³/mol. The topological polar surface area (TPSA) is 55.1 Å². The molecule has 0 bridgehead atoms. The lowest BCUT2D eigenvalue weighted by Crippen LogP contribution is -2.42. The van der Waals surface area contributed by atoms with Crippen molar-refractivity contribution >= 4 is 23.2 Å². The molecule has 0 aliphatic heterocycles. The van der Waals surface area contributed by atoms with Crippen molar-refractivity contribution < 1.29 is 27.3 Å². The van der Waals surface area contributed by atoms with Crippen LogP contribution in [-0.4, -0.2) is 17.3 Å². The zero-order chi connectivity index (χ0) is 27.1. The molecular weight excluding hydrogens is 515 g/mol. The van der Waals surface area contributed by atoms with E-state index in [0.29, 0.717) is 47.3 Å². The third kappa shape index (κ3) is 6.89. The van der Waals surface area contributed by atoms with Crippen LogP contribution in [0.15, 0.2) is 85.2 Å². The molecule has 0 spiro atoms. The number of halogens is 4. The number of ether oxygens (including phenoxy) is 1. The highest BCUT2D eigenvalue weighted by molar-refractivity contribution is 6.33. The summed E-state index contributed by atoms with van der Waals surface area (Å²) in [5, 5.41) is 3.74. The molecule has 0 atom stereocenters. The molecule has 0 saturated carbocycles. The van der Waals surface area contributed by atoms with E-state index in [1.165, 1.54) is 12.1 Å². The largest absolute Gasteiger partial charge is 0.457 e. The molecule has 196 valence electrons. The molecule has 38 heavy (non-hydrogen) atoms. The van der Waals surface area contributed by atoms with Crippen LogP contribution in [0.1, 0.15) is 34.1 Å². The van der Waals surface area contributed by atoms with Gasteiger partial charge in [0.15, 0.2) is 11.6 Å². The van der Waals surface area contributed by atoms with Crippen molar-refractivity contribution in [2.24, 2.45) is 0 Å². The highest BCUT2D eigenvalue weighted by atomic mass is 35.5. The van der Waals surface area contributed by atoms with Gasteiger partial charge in [-0.1, -0.05) is 61.0 Å². The standard InChI is InChI=1S/C29H25ClF3N3O2/c1-2-25-27(30)28(35-19-36(25)18-26(37)21-6-4-3-5-7-21)34-17-16-20-8-12-23(13-9-20)38-24-14-10-22(11-15-24)29(31,32)33/h3-15,19H,2,16-18H2,1H3/p+1. The Kier molecular flexibility index (Phi) is 8.63. The van der Waals surface area contributed by atoms with Gasteiger partial charge in [-0.3, -0.25) is 4.79 Å². The van der Waals surface area contributed by atoms with E-state index in [1.54, 1.807) is 35.2 Å². The fourth-order valence-electron chi connectivity index (χ4n) is 3.90. The van der Waals surface area contributed by atoms with Gasteiger partial charge in [0, 0.05) is 18.5 Å². The molecule has 1 N–H and O–H groups in total. The Morgan fingerprint density at radius 3 is 2.21 bits per heavy atom. The number of aromatic nitrogens is 2. The summed E-state index contributed by atoms with van der Waals surface area (Å²) in [4.78, 5) is 17.1. The Balaban J connectivity index is 1.33. The molecule has 5 nitrogen and oxygen atoms in total. The molecule has 9 heteroatoms. The number of Topliss-reactive ketones (excluding diaryl/α,β-unsaturated/α-hetero) is 1. The first-order valence-corrected chi connectivity index (χ1v) is 12.5. The molecule has 0 aliphatic carbocycles. The van der Waals surface area contributed by atoms with Gasteiger partial charge < -0.3 is 10.1 Å². The highest BCUT2D eigenvalue weighted by Gasteiger charge is 2.30. The van der Waals surface area contributed by atoms with E-state index in [2.05, 4.69) is 10.3 Å². The van der Waals surface area contributed by atoms with E-state index in [-0.39, 0.29) is 12.3 Å². The summed E-state index contributed by atoms with van der Waals surface area (Å²) < 4.78 is 45.6. The fourth-order valence-corrected chi connectivity index (χ4v) is 4.26. The van der Waals surface area contributed by atoms with Gasteiger partial charge in [-0.15, -0.1) is 0 Å². The SMILES string of the molecule is CCc1c(Cl)c(NCCc2ccc(Oc3ccc(C(F)(F)F)cc3)cc2)nc[n+]1CC(=O)c1ccccc1. The van der Waals surface area contributed by atoms with Crippen LogP contribution in [-0.2, 0) is 25.6 Å². The highest BCUT2D eigenvalue weighted by Crippen LogP contribution is 2.31. The number of carbonyl (C=O) groups excluding carboxylic acids is 1. The van der Waals surface area contributed by atoms with Crippen molar-refractivity contribution in [1.82, 2.24) is 4.98 Å². The van der Waals surface area contributed by atoms with Crippen molar-refractivity contribution in [3.05, 3.63) is 113 Å². The van der Waals surface area contributed by atoms with Gasteiger partial charge in [0.25, 0.3) is 12.1 Å². The first-order valence-electron chi connectivity index (χ1n) is 12.1. The number of anilines is 1. The van der Waals surface area contributed by atoms with Crippen molar-refractivity contribution in [3.8, 4) is 11.5 Å². The number of carbonyl (C=O) groups is 1. The maximum Gasteiger partial charge on any atom is 0.416 e. The maximum atomic E-state index is 12.7. The van der Waals surface area contributed by atoms with Crippen LogP contribution in [0.4, 0.5) is 19.0 Å². The van der Waals surface area contributed by atoms with Crippen molar-refractivity contribution in [3.63, 3.8) is 0 Å². The van der Waals surface area contributed by atoms with E-state index < -0.39 is 11.7 Å². The van der Waals surface area contributed by atoms with E-state index in [4.69, 9.17) is 16.3 Å². The van der Waals surface area contributed by atoms with Crippen molar-refractivity contribution in [2.45, 2.75) is 32.5 Å². The third-order valence-electron chi connectivity index (χ3n) is 5.93. The molecule has 1 aromatic heterocycles. The molecule has 0 radical (unpaired) electrons. The number of hydrogen-bond acceptors (Lipinski definition) is 4. The molecule has 0 saturated heterocycles. The minimum atomic E-state index is -4.38. The number of benzene rings is 3. The summed E-state index contributed by atoms with van der Waals surface area (Å²) in [6, 6.07) is 21.0. The van der Waals surface area contributed by atoms with Gasteiger partial charge in [-0.25, -0.2) is 4.57 Å². The molecule has 3 aromatic carbocycles. The van der Waals surface area contributed by atoms with Gasteiger partial charge in [0.2, 0.25) is 5.78 Å². The number of hydrogen-bond donors (Lipinski definition) is 1. The number of nitrogens with zero attached hydrogens (tertiary/aromatic N) is 2. The number of rotatable bonds is 10. The van der Waals surface area contributed by atoms with Gasteiger partial charge in [0.1, 0.15) is 17.2 Å². The average molecular weight is 541 g/mol. The molecular formula is C29H26ClF3N3O2+. The minimum absolute atomic E-state index is 0.0189. The van der Waals surface area contributed by atoms with Crippen molar-refractivity contribution in [2.75, 3.05) is 11.9 Å². The van der Waals surface area contributed by atoms with Crippen molar-refractivity contribution in [1.29, 1.82) is 0 Å². The molecule has 0 unspecified atom stereocenters. The Morgan fingerprint density at radius 2 is 1.61 bits per heavy atom. The van der Waals surface area contributed by atoms with Gasteiger partial charge >= 0.3 is 6.18 Å². The van der Waals surface area contributed by atoms with E-state index in [9.17, 15) is 18.0 Å². The molecule has 0 fully saturated rings. The molecule has 0 amide bonds. The monoisotopic (exact) mass is 540 g/mol. The van der Waals surface area contributed by atoms with Crippen LogP contribution in [0, 0.1) is 0 Å². The maximum absolute atomic E-state index is 12.7. The lowest BCUT2D eigenvalue weighted by Gasteiger charge is -2.10. The summed E-state index contributed by atoms with van der Waals surface area (Å²) in [5.41, 5.74) is 1.76. The lowest BCUT2D eigenvalue weighted by molar-refractivity contribution is -0.693. The minimum Gasteiger partial charge on any atom is -0.457 e. The first kappa shape index (κ1) is 27.1. The number of ketones is 1. The zero-order valence-corrected chi connectivity index (χ0v) is 21.4. The molecule has 0 aliphatic rings. The first-order chi connectivity index (χ1) is 18.2. The average Bonchev–Trinajstić information content (AvgIpc) is 2.91. The second-order valence-electron chi connectivity index (χ2n) is 8.57. The third-order valence-corrected chi connectivity index (χ3v) is 6.32. The summed E-state index contributed by atoms with van der Waals surface area (Å²) >= 11 is 6.62. The van der Waals surface area contributed by atoms with Crippen LogP contribution in [0.3, 0.4) is 0 Å². The van der Waals surface area contributed by atoms with Gasteiger partial charge in [-0.2, -0.15) is 13.2 Å². The smallest absolute Gasteiger partial charge is 0.416 e. The quantitative estimate of drug-likeness (QED) is 0.175. The summed E-state index contributed by atoms with van der Waals surface area (Å²) in [6.07, 6.45) is -1.43. The van der Waals surface area contributed by atoms with E-state index >= 15 is 0 Å². The van der Waals surface area contributed by atoms with Crippen LogP contribution < -0.4 is 14.6 Å². The Hall–Kier alpha value is -3.91. The normalized spacial score (nSPS) is 11.3. The summed E-state index contributed by atoms with van der Waals surface area (Å²) in [7, 11) is 0. The van der Waals surface area contributed by atoms with Crippen LogP contribution >= 0.6 is 11.6 Å². The van der Waals surface area contributed by atoms with Crippen LogP contribution in [0.2, 0.25) is 5.02 Å². The van der Waals surface area contributed by atoms with Gasteiger partial charge in [-0.05, 0) is 53.4 Å². The van der Waals surface area contributed by atoms with E-state index in [0.717, 1.165) is 23.4 Å². The fraction of sp³-hybridized carbons (Fsp3) is 0.207. The summed E-state index contributed by atoms with van der Waals surface area (Å²) in [5.74, 6) is 1.38. The zero-order valence-electron chi connectivity index (χ0n) is 20.6. The van der Waals surface area contributed by atoms with E-state index in [1.807, 2.05) is 37.3 Å². The van der Waals surface area contributed by atoms with Gasteiger partial charge in [0.05, 0.1) is 5.56 Å². The Bertz CT molecular complexity index is 1380. The number of nitrogens with one attached hydrogen (secondary N) is 1. The number of alkyl halides is 3. The second-order valence-corrected chi connectivity index (χ2v) is 8.95. The van der Waals surface area contributed by atoms with Crippen LogP contribution in [0.5, 0.6) is 11.5 Å².